The van der Waals surface area contributed by atoms with E-state index < -0.39 is 0 Å². The molecule has 1 saturated carbocycles. The molecule has 1 aromatic heterocycles. The van der Waals surface area contributed by atoms with Crippen LogP contribution in [0.4, 0.5) is 5.82 Å². The lowest BCUT2D eigenvalue weighted by atomic mass is 10.1. The van der Waals surface area contributed by atoms with Crippen LogP contribution in [0.1, 0.15) is 18.4 Å². The van der Waals surface area contributed by atoms with E-state index in [1.807, 2.05) is 30.3 Å². The second-order valence-electron chi connectivity index (χ2n) is 5.89. The lowest BCUT2D eigenvalue weighted by Crippen LogP contribution is -2.27. The fourth-order valence-corrected chi connectivity index (χ4v) is 2.86. The van der Waals surface area contributed by atoms with Gasteiger partial charge in [-0.3, -0.25) is 9.59 Å². The number of nitrogens with one attached hydrogen (secondary N) is 2. The zero-order chi connectivity index (χ0) is 17.5. The number of thioether (sulfide) groups is 1. The van der Waals surface area contributed by atoms with Gasteiger partial charge in [0.15, 0.2) is 5.82 Å². The molecule has 1 heterocycles. The molecule has 0 atom stereocenters. The van der Waals surface area contributed by atoms with Crippen molar-refractivity contribution >= 4 is 29.4 Å². The van der Waals surface area contributed by atoms with Crippen LogP contribution in [0, 0.1) is 5.92 Å². The standard InChI is InChI=1S/C18H20N4O2S/c23-16(19-11-10-13-4-2-1-3-5-13)12-25-17-9-8-15(21-22-17)20-18(24)14-6-7-14/h1-5,8-9,14H,6-7,10-12H2,(H,19,23)(H,20,21,24). The molecule has 2 amide bonds. The highest BCUT2D eigenvalue weighted by Crippen LogP contribution is 2.29. The van der Waals surface area contributed by atoms with E-state index in [4.69, 9.17) is 0 Å². The molecule has 0 aliphatic heterocycles. The van der Waals surface area contributed by atoms with Gasteiger partial charge in [-0.1, -0.05) is 42.1 Å². The molecule has 1 aliphatic carbocycles. The predicted octanol–water partition coefficient (Wildman–Crippen LogP) is 2.28. The molecule has 7 heteroatoms. The van der Waals surface area contributed by atoms with Crippen LogP contribution in [0.3, 0.4) is 0 Å². The maximum absolute atomic E-state index is 11.9. The van der Waals surface area contributed by atoms with Crippen LogP contribution in [-0.2, 0) is 16.0 Å². The number of carbonyl (C=O) groups is 2. The minimum Gasteiger partial charge on any atom is -0.355 e. The highest BCUT2D eigenvalue weighted by Gasteiger charge is 2.29. The third-order valence-corrected chi connectivity index (χ3v) is 4.69. The molecule has 2 aromatic rings. The Balaban J connectivity index is 1.36. The zero-order valence-corrected chi connectivity index (χ0v) is 14.6. The summed E-state index contributed by atoms with van der Waals surface area (Å²) in [7, 11) is 0. The van der Waals surface area contributed by atoms with Crippen LogP contribution in [0.2, 0.25) is 0 Å². The summed E-state index contributed by atoms with van der Waals surface area (Å²) in [5.41, 5.74) is 1.20. The van der Waals surface area contributed by atoms with Crippen molar-refractivity contribution in [2.24, 2.45) is 5.92 Å². The Morgan fingerprint density at radius 1 is 1.08 bits per heavy atom. The highest BCUT2D eigenvalue weighted by molar-refractivity contribution is 7.99. The molecule has 0 spiro atoms. The lowest BCUT2D eigenvalue weighted by Gasteiger charge is -2.06. The van der Waals surface area contributed by atoms with Crippen molar-refractivity contribution < 1.29 is 9.59 Å². The smallest absolute Gasteiger partial charge is 0.230 e. The van der Waals surface area contributed by atoms with Crippen molar-refractivity contribution in [1.82, 2.24) is 15.5 Å². The number of nitrogens with zero attached hydrogens (tertiary/aromatic N) is 2. The van der Waals surface area contributed by atoms with E-state index in [9.17, 15) is 9.59 Å². The average molecular weight is 356 g/mol. The van der Waals surface area contributed by atoms with Crippen molar-refractivity contribution in [2.45, 2.75) is 24.3 Å². The van der Waals surface area contributed by atoms with Crippen molar-refractivity contribution in [1.29, 1.82) is 0 Å². The molecule has 3 rings (SSSR count). The van der Waals surface area contributed by atoms with Crippen LogP contribution < -0.4 is 10.6 Å². The maximum Gasteiger partial charge on any atom is 0.230 e. The van der Waals surface area contributed by atoms with Gasteiger partial charge in [-0.2, -0.15) is 0 Å². The minimum absolute atomic E-state index is 0.00694. The van der Waals surface area contributed by atoms with E-state index in [-0.39, 0.29) is 23.5 Å². The summed E-state index contributed by atoms with van der Waals surface area (Å²) in [5.74, 6) is 0.849. The van der Waals surface area contributed by atoms with Gasteiger partial charge in [-0.25, -0.2) is 0 Å². The molecule has 0 bridgehead atoms. The molecule has 130 valence electrons. The first kappa shape index (κ1) is 17.4. The molecule has 1 aromatic carbocycles. The highest BCUT2D eigenvalue weighted by atomic mass is 32.2. The maximum atomic E-state index is 11.9. The molecule has 0 unspecified atom stereocenters. The summed E-state index contributed by atoms with van der Waals surface area (Å²) in [5, 5.41) is 14.3. The third-order valence-electron chi connectivity index (χ3n) is 3.77. The van der Waals surface area contributed by atoms with E-state index in [0.717, 1.165) is 19.3 Å². The van der Waals surface area contributed by atoms with Crippen LogP contribution >= 0.6 is 11.8 Å². The zero-order valence-electron chi connectivity index (χ0n) is 13.8. The molecule has 1 fully saturated rings. The quantitative estimate of drug-likeness (QED) is 0.709. The second kappa shape index (κ2) is 8.62. The van der Waals surface area contributed by atoms with Gasteiger partial charge < -0.3 is 10.6 Å². The van der Waals surface area contributed by atoms with Crippen LogP contribution in [0.15, 0.2) is 47.5 Å². The fraction of sp³-hybridized carbons (Fsp3) is 0.333. The van der Waals surface area contributed by atoms with Crippen LogP contribution in [0.25, 0.3) is 0 Å². The van der Waals surface area contributed by atoms with Crippen LogP contribution in [-0.4, -0.2) is 34.3 Å². The summed E-state index contributed by atoms with van der Waals surface area (Å²) in [4.78, 5) is 23.5. The Kier molecular flexibility index (Phi) is 6.00. The molecule has 0 radical (unpaired) electrons. The topological polar surface area (TPSA) is 84.0 Å². The van der Waals surface area contributed by atoms with Gasteiger partial charge in [0, 0.05) is 12.5 Å². The van der Waals surface area contributed by atoms with Crippen molar-refractivity contribution in [3.8, 4) is 0 Å². The van der Waals surface area contributed by atoms with Gasteiger partial charge in [0.2, 0.25) is 11.8 Å². The average Bonchev–Trinajstić information content (AvgIpc) is 3.47. The number of amides is 2. The lowest BCUT2D eigenvalue weighted by molar-refractivity contribution is -0.118. The van der Waals surface area contributed by atoms with E-state index in [0.29, 0.717) is 17.4 Å². The number of hydrogen-bond acceptors (Lipinski definition) is 5. The first-order valence-corrected chi connectivity index (χ1v) is 9.27. The van der Waals surface area contributed by atoms with Crippen LogP contribution in [0.5, 0.6) is 0 Å². The van der Waals surface area contributed by atoms with Gasteiger partial charge >= 0.3 is 0 Å². The van der Waals surface area contributed by atoms with Gasteiger partial charge in [0.1, 0.15) is 5.03 Å². The monoisotopic (exact) mass is 356 g/mol. The largest absolute Gasteiger partial charge is 0.355 e. The Hall–Kier alpha value is -2.41. The Morgan fingerprint density at radius 2 is 1.88 bits per heavy atom. The molecule has 25 heavy (non-hydrogen) atoms. The second-order valence-corrected chi connectivity index (χ2v) is 6.89. The van der Waals surface area contributed by atoms with Crippen molar-refractivity contribution in [3.05, 3.63) is 48.0 Å². The number of benzene rings is 1. The molecular formula is C18H20N4O2S. The summed E-state index contributed by atoms with van der Waals surface area (Å²) >= 11 is 1.32. The Bertz CT molecular complexity index is 718. The first-order valence-electron chi connectivity index (χ1n) is 8.29. The Morgan fingerprint density at radius 3 is 2.56 bits per heavy atom. The van der Waals surface area contributed by atoms with Gasteiger partial charge in [0.25, 0.3) is 0 Å². The number of hydrogen-bond donors (Lipinski definition) is 2. The molecule has 6 nitrogen and oxygen atoms in total. The SMILES string of the molecule is O=C(CSc1ccc(NC(=O)C2CC2)nn1)NCCc1ccccc1. The van der Waals surface area contributed by atoms with E-state index in [1.165, 1.54) is 17.3 Å². The predicted molar refractivity (Wildman–Crippen MR) is 97.3 cm³/mol. The summed E-state index contributed by atoms with van der Waals surface area (Å²) in [6, 6.07) is 13.5. The van der Waals surface area contributed by atoms with E-state index in [2.05, 4.69) is 20.8 Å². The molecule has 1 aliphatic rings. The summed E-state index contributed by atoms with van der Waals surface area (Å²) in [6.45, 7) is 0.612. The van der Waals surface area contributed by atoms with Crippen molar-refractivity contribution in [3.63, 3.8) is 0 Å². The summed E-state index contributed by atoms with van der Waals surface area (Å²) in [6.07, 6.45) is 2.71. The van der Waals surface area contributed by atoms with Crippen molar-refractivity contribution in [2.75, 3.05) is 17.6 Å². The number of carbonyl (C=O) groups excluding carboxylic acids is 2. The number of aromatic nitrogens is 2. The number of anilines is 1. The molecular weight excluding hydrogens is 336 g/mol. The van der Waals surface area contributed by atoms with Gasteiger partial charge in [-0.05, 0) is 37.0 Å². The normalized spacial score (nSPS) is 13.3. The number of rotatable bonds is 8. The third kappa shape index (κ3) is 5.86. The molecule has 0 saturated heterocycles. The first-order chi connectivity index (χ1) is 12.2. The minimum atomic E-state index is -0.0335. The van der Waals surface area contributed by atoms with E-state index in [1.54, 1.807) is 12.1 Å². The van der Waals surface area contributed by atoms with Gasteiger partial charge in [0.05, 0.1) is 5.75 Å². The molecule has 2 N–H and O–H groups in total. The van der Waals surface area contributed by atoms with Gasteiger partial charge in [-0.15, -0.1) is 10.2 Å². The fourth-order valence-electron chi connectivity index (χ4n) is 2.22. The Labute approximate surface area is 150 Å². The summed E-state index contributed by atoms with van der Waals surface area (Å²) < 4.78 is 0. The van der Waals surface area contributed by atoms with E-state index >= 15 is 0 Å².